The fourth-order valence-electron chi connectivity index (χ4n) is 1.61. The maximum atomic E-state index is 11.9. The van der Waals surface area contributed by atoms with Gasteiger partial charge < -0.3 is 15.3 Å². The van der Waals surface area contributed by atoms with Gasteiger partial charge in [0.1, 0.15) is 6.04 Å². The average molecular weight is 278 g/mol. The molecule has 5 heteroatoms. The van der Waals surface area contributed by atoms with Gasteiger partial charge in [-0.1, -0.05) is 32.9 Å². The molecule has 1 aromatic rings. The maximum absolute atomic E-state index is 11.9. The monoisotopic (exact) mass is 278 g/mol. The molecule has 1 atom stereocenters. The van der Waals surface area contributed by atoms with Gasteiger partial charge in [0.25, 0.3) is 0 Å². The summed E-state index contributed by atoms with van der Waals surface area (Å²) in [4.78, 5) is 23.9. The fourth-order valence-corrected chi connectivity index (χ4v) is 1.61. The number of aliphatic carboxylic acids is 1. The van der Waals surface area contributed by atoms with Gasteiger partial charge in [0.15, 0.2) is 0 Å². The molecule has 0 aliphatic rings. The lowest BCUT2D eigenvalue weighted by atomic mass is 9.87. The molecule has 0 radical (unpaired) electrons. The van der Waals surface area contributed by atoms with Crippen molar-refractivity contribution in [1.82, 2.24) is 4.90 Å². The molecule has 1 rings (SSSR count). The number of hydrogen-bond donors (Lipinski definition) is 2. The van der Waals surface area contributed by atoms with Gasteiger partial charge in [0.05, 0.1) is 0 Å². The number of amides is 2. The number of carboxylic acid groups (broad SMARTS) is 1. The molecule has 0 aliphatic heterocycles. The first kappa shape index (κ1) is 16.0. The summed E-state index contributed by atoms with van der Waals surface area (Å²) < 4.78 is 0. The number of rotatable bonds is 3. The van der Waals surface area contributed by atoms with Crippen molar-refractivity contribution in [2.24, 2.45) is 0 Å². The Balaban J connectivity index is 2.74. The molecule has 0 heterocycles. The van der Waals surface area contributed by atoms with Crippen molar-refractivity contribution in [3.63, 3.8) is 0 Å². The third kappa shape index (κ3) is 3.98. The second-order valence-electron chi connectivity index (χ2n) is 5.88. The first-order valence-corrected chi connectivity index (χ1v) is 6.50. The number of carbonyl (C=O) groups is 2. The lowest BCUT2D eigenvalue weighted by Crippen LogP contribution is -2.42. The number of carbonyl (C=O) groups excluding carboxylic acids is 1. The summed E-state index contributed by atoms with van der Waals surface area (Å²) in [6.07, 6.45) is 0. The average Bonchev–Trinajstić information content (AvgIpc) is 2.36. The summed E-state index contributed by atoms with van der Waals surface area (Å²) in [6, 6.07) is 6.23. The quantitative estimate of drug-likeness (QED) is 0.893. The third-order valence-electron chi connectivity index (χ3n) is 3.26. The Kier molecular flexibility index (Phi) is 4.76. The number of likely N-dealkylation sites (N-methyl/N-ethyl adjacent to an activating group) is 1. The van der Waals surface area contributed by atoms with Crippen LogP contribution in [0.25, 0.3) is 0 Å². The van der Waals surface area contributed by atoms with E-state index in [2.05, 4.69) is 26.1 Å². The lowest BCUT2D eigenvalue weighted by Gasteiger charge is -2.22. The zero-order chi connectivity index (χ0) is 15.5. The highest BCUT2D eigenvalue weighted by Crippen LogP contribution is 2.23. The van der Waals surface area contributed by atoms with E-state index in [1.54, 1.807) is 0 Å². The van der Waals surface area contributed by atoms with Crippen LogP contribution in [-0.4, -0.2) is 35.1 Å². The van der Waals surface area contributed by atoms with Gasteiger partial charge in [0.2, 0.25) is 0 Å². The minimum atomic E-state index is -1.04. The highest BCUT2D eigenvalue weighted by Gasteiger charge is 2.21. The summed E-state index contributed by atoms with van der Waals surface area (Å²) in [5, 5.41) is 11.6. The van der Waals surface area contributed by atoms with E-state index in [4.69, 9.17) is 5.11 Å². The topological polar surface area (TPSA) is 69.6 Å². The van der Waals surface area contributed by atoms with E-state index in [9.17, 15) is 9.59 Å². The number of nitrogens with one attached hydrogen (secondary N) is 1. The Bertz CT molecular complexity index is 489. The molecule has 0 bridgehead atoms. The van der Waals surface area contributed by atoms with E-state index in [0.29, 0.717) is 5.69 Å². The van der Waals surface area contributed by atoms with Gasteiger partial charge in [-0.05, 0) is 30.0 Å². The van der Waals surface area contributed by atoms with Gasteiger partial charge in [-0.25, -0.2) is 9.59 Å². The third-order valence-corrected chi connectivity index (χ3v) is 3.26. The summed E-state index contributed by atoms with van der Waals surface area (Å²) in [6.45, 7) is 7.80. The van der Waals surface area contributed by atoms with Gasteiger partial charge in [-0.3, -0.25) is 0 Å². The molecule has 0 aromatic heterocycles. The van der Waals surface area contributed by atoms with Crippen molar-refractivity contribution >= 4 is 17.7 Å². The van der Waals surface area contributed by atoms with E-state index >= 15 is 0 Å². The first-order chi connectivity index (χ1) is 9.12. The maximum Gasteiger partial charge on any atom is 0.326 e. The van der Waals surface area contributed by atoms with Crippen LogP contribution in [0.2, 0.25) is 0 Å². The summed E-state index contributed by atoms with van der Waals surface area (Å²) in [5.74, 6) is -1.04. The molecule has 5 nitrogen and oxygen atoms in total. The van der Waals surface area contributed by atoms with Crippen LogP contribution in [0.5, 0.6) is 0 Å². The Morgan fingerprint density at radius 1 is 1.20 bits per heavy atom. The molecule has 1 aromatic carbocycles. The van der Waals surface area contributed by atoms with Crippen LogP contribution in [0, 0.1) is 0 Å². The van der Waals surface area contributed by atoms with Crippen LogP contribution in [0.15, 0.2) is 24.3 Å². The van der Waals surface area contributed by atoms with Crippen molar-refractivity contribution in [1.29, 1.82) is 0 Å². The fraction of sp³-hybridized carbons (Fsp3) is 0.467. The van der Waals surface area contributed by atoms with Crippen LogP contribution in [-0.2, 0) is 10.2 Å². The zero-order valence-electron chi connectivity index (χ0n) is 12.6. The van der Waals surface area contributed by atoms with Crippen LogP contribution in [0.1, 0.15) is 33.3 Å². The normalized spacial score (nSPS) is 12.7. The van der Waals surface area contributed by atoms with E-state index in [0.717, 1.165) is 4.90 Å². The van der Waals surface area contributed by atoms with E-state index in [1.807, 2.05) is 24.3 Å². The standard InChI is InChI=1S/C15H22N2O3/c1-10(13(18)19)17(5)14(20)16-12-8-6-11(7-9-12)15(2,3)4/h6-10H,1-5H3,(H,16,20)(H,18,19). The minimum Gasteiger partial charge on any atom is -0.480 e. The molecule has 0 saturated carbocycles. The molecular weight excluding hydrogens is 256 g/mol. The number of anilines is 1. The number of urea groups is 1. The Hall–Kier alpha value is -2.04. The summed E-state index contributed by atoms with van der Waals surface area (Å²) in [7, 11) is 1.46. The number of hydrogen-bond acceptors (Lipinski definition) is 2. The predicted molar refractivity (Wildman–Crippen MR) is 79.0 cm³/mol. The van der Waals surface area contributed by atoms with Crippen LogP contribution < -0.4 is 5.32 Å². The summed E-state index contributed by atoms with van der Waals surface area (Å²) in [5.41, 5.74) is 1.87. The first-order valence-electron chi connectivity index (χ1n) is 6.50. The molecule has 2 amide bonds. The molecule has 0 spiro atoms. The van der Waals surface area contributed by atoms with E-state index in [1.165, 1.54) is 19.5 Å². The largest absolute Gasteiger partial charge is 0.480 e. The van der Waals surface area contributed by atoms with Crippen molar-refractivity contribution in [3.8, 4) is 0 Å². The summed E-state index contributed by atoms with van der Waals surface area (Å²) >= 11 is 0. The van der Waals surface area contributed by atoms with E-state index in [-0.39, 0.29) is 5.41 Å². The molecule has 2 N–H and O–H groups in total. The number of nitrogens with zero attached hydrogens (tertiary/aromatic N) is 1. The van der Waals surface area contributed by atoms with Crippen molar-refractivity contribution in [2.45, 2.75) is 39.2 Å². The minimum absolute atomic E-state index is 0.0527. The number of carboxylic acids is 1. The molecule has 20 heavy (non-hydrogen) atoms. The lowest BCUT2D eigenvalue weighted by molar-refractivity contribution is -0.141. The Morgan fingerprint density at radius 3 is 2.10 bits per heavy atom. The van der Waals surface area contributed by atoms with E-state index < -0.39 is 18.0 Å². The molecular formula is C15H22N2O3. The molecule has 0 saturated heterocycles. The van der Waals surface area contributed by atoms with Gasteiger partial charge in [-0.15, -0.1) is 0 Å². The van der Waals surface area contributed by atoms with Gasteiger partial charge >= 0.3 is 12.0 Å². The van der Waals surface area contributed by atoms with Crippen molar-refractivity contribution in [3.05, 3.63) is 29.8 Å². The smallest absolute Gasteiger partial charge is 0.326 e. The van der Waals surface area contributed by atoms with Crippen molar-refractivity contribution in [2.75, 3.05) is 12.4 Å². The number of benzene rings is 1. The Morgan fingerprint density at radius 2 is 1.70 bits per heavy atom. The molecule has 0 fully saturated rings. The van der Waals surface area contributed by atoms with Crippen LogP contribution in [0.3, 0.4) is 0 Å². The van der Waals surface area contributed by atoms with Crippen LogP contribution in [0.4, 0.5) is 10.5 Å². The molecule has 110 valence electrons. The van der Waals surface area contributed by atoms with Gasteiger partial charge in [0, 0.05) is 12.7 Å². The molecule has 0 aliphatic carbocycles. The highest BCUT2D eigenvalue weighted by atomic mass is 16.4. The van der Waals surface area contributed by atoms with Crippen LogP contribution >= 0.6 is 0 Å². The molecule has 1 unspecified atom stereocenters. The second kappa shape index (κ2) is 5.94. The SMILES string of the molecule is CC(C(=O)O)N(C)C(=O)Nc1ccc(C(C)(C)C)cc1. The highest BCUT2D eigenvalue weighted by molar-refractivity contribution is 5.92. The predicted octanol–water partition coefficient (Wildman–Crippen LogP) is 2.92. The Labute approximate surface area is 119 Å². The zero-order valence-corrected chi connectivity index (χ0v) is 12.6. The second-order valence-corrected chi connectivity index (χ2v) is 5.88. The van der Waals surface area contributed by atoms with Gasteiger partial charge in [-0.2, -0.15) is 0 Å². The van der Waals surface area contributed by atoms with Crippen molar-refractivity contribution < 1.29 is 14.7 Å².